The molecule has 0 spiro atoms. The van der Waals surface area contributed by atoms with Gasteiger partial charge in [-0.05, 0) is 37.3 Å². The van der Waals surface area contributed by atoms with Gasteiger partial charge in [-0.2, -0.15) is 0 Å². The van der Waals surface area contributed by atoms with Gasteiger partial charge >= 0.3 is 0 Å². The van der Waals surface area contributed by atoms with Crippen LogP contribution in [0.3, 0.4) is 0 Å². The van der Waals surface area contributed by atoms with Gasteiger partial charge in [-0.1, -0.05) is 0 Å². The Labute approximate surface area is 106 Å². The average Bonchev–Trinajstić information content (AvgIpc) is 3.14. The fraction of sp³-hybridized carbons (Fsp3) is 0.538. The van der Waals surface area contributed by atoms with Crippen LogP contribution < -0.4 is 5.32 Å². The normalized spacial score (nSPS) is 18.2. The van der Waals surface area contributed by atoms with Crippen LogP contribution in [0.5, 0.6) is 0 Å². The molecule has 1 aliphatic rings. The third kappa shape index (κ3) is 3.04. The van der Waals surface area contributed by atoms with Crippen molar-refractivity contribution in [1.29, 1.82) is 0 Å². The van der Waals surface area contributed by atoms with E-state index in [1.54, 1.807) is 13.1 Å². The highest BCUT2D eigenvalue weighted by atomic mass is 19.1. The first-order valence-electron chi connectivity index (χ1n) is 6.05. The van der Waals surface area contributed by atoms with Gasteiger partial charge in [-0.15, -0.1) is 0 Å². The quantitative estimate of drug-likeness (QED) is 0.869. The Balaban J connectivity index is 1.97. The molecule has 1 N–H and O–H groups in total. The summed E-state index contributed by atoms with van der Waals surface area (Å²) in [5, 5.41) is 2.83. The minimum Gasteiger partial charge on any atom is -0.371 e. The van der Waals surface area contributed by atoms with Crippen molar-refractivity contribution in [3.63, 3.8) is 0 Å². The molecule has 1 aliphatic carbocycles. The Bertz CT molecular complexity index is 435. The SMILES string of the molecule is COC(C(=O)NC(C)c1cncc(F)c1)C1CC1. The van der Waals surface area contributed by atoms with E-state index in [2.05, 4.69) is 10.3 Å². The second-order valence-electron chi connectivity index (χ2n) is 4.66. The van der Waals surface area contributed by atoms with Crippen LogP contribution in [-0.2, 0) is 9.53 Å². The van der Waals surface area contributed by atoms with Crippen molar-refractivity contribution in [2.75, 3.05) is 7.11 Å². The van der Waals surface area contributed by atoms with E-state index in [-0.39, 0.29) is 11.9 Å². The Morgan fingerprint density at radius 2 is 2.28 bits per heavy atom. The zero-order valence-electron chi connectivity index (χ0n) is 10.5. The molecular weight excluding hydrogens is 235 g/mol. The van der Waals surface area contributed by atoms with Crippen LogP contribution in [0.1, 0.15) is 31.4 Å². The molecule has 0 saturated heterocycles. The fourth-order valence-electron chi connectivity index (χ4n) is 1.96. The lowest BCUT2D eigenvalue weighted by molar-refractivity contribution is -0.132. The fourth-order valence-corrected chi connectivity index (χ4v) is 1.96. The summed E-state index contributed by atoms with van der Waals surface area (Å²) in [6, 6.07) is 1.09. The Morgan fingerprint density at radius 3 is 2.83 bits per heavy atom. The first kappa shape index (κ1) is 13.0. The van der Waals surface area contributed by atoms with Crippen molar-refractivity contribution in [3.8, 4) is 0 Å². The number of rotatable bonds is 5. The minimum absolute atomic E-state index is 0.142. The topological polar surface area (TPSA) is 51.2 Å². The highest BCUT2D eigenvalue weighted by Gasteiger charge is 2.36. The van der Waals surface area contributed by atoms with E-state index < -0.39 is 11.9 Å². The predicted octanol–water partition coefficient (Wildman–Crippen LogP) is 1.82. The number of aromatic nitrogens is 1. The summed E-state index contributed by atoms with van der Waals surface area (Å²) in [5.41, 5.74) is 0.647. The van der Waals surface area contributed by atoms with E-state index in [0.717, 1.165) is 19.0 Å². The monoisotopic (exact) mass is 252 g/mol. The van der Waals surface area contributed by atoms with Gasteiger partial charge in [0, 0.05) is 13.3 Å². The number of carbonyl (C=O) groups is 1. The maximum atomic E-state index is 13.0. The number of methoxy groups -OCH3 is 1. The molecule has 0 aromatic carbocycles. The van der Waals surface area contributed by atoms with Crippen molar-refractivity contribution in [3.05, 3.63) is 29.8 Å². The molecule has 5 heteroatoms. The van der Waals surface area contributed by atoms with Gasteiger partial charge < -0.3 is 10.1 Å². The van der Waals surface area contributed by atoms with Gasteiger partial charge in [0.05, 0.1) is 12.2 Å². The standard InChI is InChI=1S/C13H17FN2O2/c1-8(10-5-11(14)7-15-6-10)16-13(17)12(18-2)9-3-4-9/h5-9,12H,3-4H2,1-2H3,(H,16,17). The van der Waals surface area contributed by atoms with E-state index in [0.29, 0.717) is 11.5 Å². The minimum atomic E-state index is -0.404. The Kier molecular flexibility index (Phi) is 3.91. The van der Waals surface area contributed by atoms with Crippen LogP contribution in [0.2, 0.25) is 0 Å². The molecule has 1 fully saturated rings. The molecule has 1 amide bonds. The van der Waals surface area contributed by atoms with Gasteiger partial charge in [0.25, 0.3) is 0 Å². The summed E-state index contributed by atoms with van der Waals surface area (Å²) in [4.78, 5) is 15.7. The zero-order valence-corrected chi connectivity index (χ0v) is 10.5. The van der Waals surface area contributed by atoms with Crippen molar-refractivity contribution in [2.45, 2.75) is 31.9 Å². The summed E-state index contributed by atoms with van der Waals surface area (Å²) in [6.07, 6.45) is 4.35. The smallest absolute Gasteiger partial charge is 0.249 e. The van der Waals surface area contributed by atoms with Crippen LogP contribution in [0, 0.1) is 11.7 Å². The number of halogens is 1. The lowest BCUT2D eigenvalue weighted by Gasteiger charge is -2.19. The molecule has 0 radical (unpaired) electrons. The zero-order chi connectivity index (χ0) is 13.1. The maximum absolute atomic E-state index is 13.0. The lowest BCUT2D eigenvalue weighted by Crippen LogP contribution is -2.38. The number of hydrogen-bond acceptors (Lipinski definition) is 3. The van der Waals surface area contributed by atoms with Crippen LogP contribution >= 0.6 is 0 Å². The predicted molar refractivity (Wildman–Crippen MR) is 64.3 cm³/mol. The second-order valence-corrected chi connectivity index (χ2v) is 4.66. The Hall–Kier alpha value is -1.49. The van der Waals surface area contributed by atoms with Gasteiger partial charge in [-0.25, -0.2) is 4.39 Å². The first-order valence-corrected chi connectivity index (χ1v) is 6.05. The van der Waals surface area contributed by atoms with E-state index >= 15 is 0 Å². The molecule has 2 rings (SSSR count). The Morgan fingerprint density at radius 1 is 1.56 bits per heavy atom. The third-order valence-electron chi connectivity index (χ3n) is 3.15. The number of nitrogens with zero attached hydrogens (tertiary/aromatic N) is 1. The second kappa shape index (κ2) is 5.44. The van der Waals surface area contributed by atoms with E-state index in [4.69, 9.17) is 4.74 Å². The number of carbonyl (C=O) groups excluding carboxylic acids is 1. The number of hydrogen-bond donors (Lipinski definition) is 1. The molecule has 18 heavy (non-hydrogen) atoms. The lowest BCUT2D eigenvalue weighted by atomic mass is 10.1. The average molecular weight is 252 g/mol. The number of nitrogens with one attached hydrogen (secondary N) is 1. The van der Waals surface area contributed by atoms with Gasteiger partial charge in [0.15, 0.2) is 0 Å². The summed E-state index contributed by atoms with van der Waals surface area (Å²) >= 11 is 0. The van der Waals surface area contributed by atoms with Crippen LogP contribution in [0.4, 0.5) is 4.39 Å². The number of pyridine rings is 1. The van der Waals surface area contributed by atoms with E-state index in [1.165, 1.54) is 13.2 Å². The summed E-state index contributed by atoms with van der Waals surface area (Å²) in [6.45, 7) is 1.80. The highest BCUT2D eigenvalue weighted by Crippen LogP contribution is 2.34. The molecule has 2 unspecified atom stereocenters. The molecule has 1 aromatic heterocycles. The molecular formula is C13H17FN2O2. The molecule has 1 saturated carbocycles. The van der Waals surface area contributed by atoms with E-state index in [9.17, 15) is 9.18 Å². The molecule has 98 valence electrons. The highest BCUT2D eigenvalue weighted by molar-refractivity contribution is 5.81. The molecule has 1 aromatic rings. The molecule has 2 atom stereocenters. The first-order chi connectivity index (χ1) is 8.61. The van der Waals surface area contributed by atoms with Gasteiger partial charge in [-0.3, -0.25) is 9.78 Å². The summed E-state index contributed by atoms with van der Waals surface area (Å²) < 4.78 is 18.2. The molecule has 4 nitrogen and oxygen atoms in total. The molecule has 0 bridgehead atoms. The summed E-state index contributed by atoms with van der Waals surface area (Å²) in [5.74, 6) is -0.219. The maximum Gasteiger partial charge on any atom is 0.249 e. The van der Waals surface area contributed by atoms with Crippen LogP contribution in [0.15, 0.2) is 18.5 Å². The number of ether oxygens (including phenoxy) is 1. The largest absolute Gasteiger partial charge is 0.371 e. The summed E-state index contributed by atoms with van der Waals surface area (Å²) in [7, 11) is 1.54. The van der Waals surface area contributed by atoms with Crippen LogP contribution in [-0.4, -0.2) is 24.1 Å². The third-order valence-corrected chi connectivity index (χ3v) is 3.15. The van der Waals surface area contributed by atoms with Crippen molar-refractivity contribution in [1.82, 2.24) is 10.3 Å². The molecule has 0 aliphatic heterocycles. The van der Waals surface area contributed by atoms with E-state index in [1.807, 2.05) is 0 Å². The van der Waals surface area contributed by atoms with Crippen molar-refractivity contribution < 1.29 is 13.9 Å². The van der Waals surface area contributed by atoms with Gasteiger partial charge in [0.2, 0.25) is 5.91 Å². The van der Waals surface area contributed by atoms with Gasteiger partial charge in [0.1, 0.15) is 11.9 Å². The molecule has 1 heterocycles. The van der Waals surface area contributed by atoms with Crippen LogP contribution in [0.25, 0.3) is 0 Å². The van der Waals surface area contributed by atoms with Crippen molar-refractivity contribution in [2.24, 2.45) is 5.92 Å². The van der Waals surface area contributed by atoms with Crippen molar-refractivity contribution >= 4 is 5.91 Å². The number of amides is 1.